The minimum absolute atomic E-state index is 0.0702. The Balaban J connectivity index is 1.82. The maximum absolute atomic E-state index is 12.1. The molecular formula is C21H31NO6. The topological polar surface area (TPSA) is 97.3 Å². The number of ether oxygens (including phenoxy) is 3. The summed E-state index contributed by atoms with van der Waals surface area (Å²) in [6.45, 7) is 5.96. The Morgan fingerprint density at radius 1 is 1.25 bits per heavy atom. The first kappa shape index (κ1) is 20.7. The van der Waals surface area contributed by atoms with Gasteiger partial charge in [-0.2, -0.15) is 0 Å². The zero-order valence-electron chi connectivity index (χ0n) is 16.9. The molecule has 156 valence electrons. The summed E-state index contributed by atoms with van der Waals surface area (Å²) in [6.07, 6.45) is 2.31. The van der Waals surface area contributed by atoms with Crippen LogP contribution in [-0.2, 0) is 11.3 Å². The molecule has 0 radical (unpaired) electrons. The third-order valence-corrected chi connectivity index (χ3v) is 5.34. The van der Waals surface area contributed by atoms with Crippen molar-refractivity contribution in [3.63, 3.8) is 0 Å². The molecule has 2 aliphatic rings. The van der Waals surface area contributed by atoms with E-state index in [-0.39, 0.29) is 31.8 Å². The van der Waals surface area contributed by atoms with Crippen LogP contribution in [-0.4, -0.2) is 41.4 Å². The Morgan fingerprint density at radius 3 is 2.64 bits per heavy atom. The second-order valence-electron chi connectivity index (χ2n) is 8.56. The predicted octanol–water partition coefficient (Wildman–Crippen LogP) is 3.07. The number of rotatable bonds is 5. The van der Waals surface area contributed by atoms with Gasteiger partial charge >= 0.3 is 6.09 Å². The van der Waals surface area contributed by atoms with Crippen molar-refractivity contribution >= 4 is 6.09 Å². The van der Waals surface area contributed by atoms with E-state index in [0.29, 0.717) is 17.9 Å². The first-order valence-corrected chi connectivity index (χ1v) is 9.96. The number of amides is 1. The zero-order valence-corrected chi connectivity index (χ0v) is 16.9. The number of aliphatic hydroxyl groups is 2. The number of hydrogen-bond acceptors (Lipinski definition) is 6. The molecule has 1 aromatic rings. The second kappa shape index (κ2) is 8.57. The highest BCUT2D eigenvalue weighted by Crippen LogP contribution is 2.43. The summed E-state index contributed by atoms with van der Waals surface area (Å²) in [5, 5.41) is 23.0. The van der Waals surface area contributed by atoms with Crippen LogP contribution in [0.1, 0.15) is 63.5 Å². The number of alkyl carbamates (subject to hydrolysis) is 1. The molecule has 0 bridgehead atoms. The first-order valence-electron chi connectivity index (χ1n) is 9.96. The van der Waals surface area contributed by atoms with Crippen molar-refractivity contribution in [2.45, 2.75) is 70.6 Å². The molecule has 7 nitrogen and oxygen atoms in total. The van der Waals surface area contributed by atoms with Gasteiger partial charge in [0.2, 0.25) is 6.79 Å². The maximum Gasteiger partial charge on any atom is 0.407 e. The van der Waals surface area contributed by atoms with Gasteiger partial charge in [0.1, 0.15) is 5.60 Å². The minimum atomic E-state index is -0.571. The van der Waals surface area contributed by atoms with Gasteiger partial charge in [0.25, 0.3) is 0 Å². The fourth-order valence-corrected chi connectivity index (χ4v) is 4.07. The predicted molar refractivity (Wildman–Crippen MR) is 103 cm³/mol. The Labute approximate surface area is 166 Å². The van der Waals surface area contributed by atoms with Crippen LogP contribution in [0.4, 0.5) is 4.79 Å². The van der Waals surface area contributed by atoms with E-state index in [1.807, 2.05) is 32.9 Å². The van der Waals surface area contributed by atoms with Gasteiger partial charge in [-0.25, -0.2) is 4.79 Å². The smallest absolute Gasteiger partial charge is 0.407 e. The summed E-state index contributed by atoms with van der Waals surface area (Å²) in [7, 11) is 0. The normalized spacial score (nSPS) is 24.1. The van der Waals surface area contributed by atoms with Crippen molar-refractivity contribution in [1.29, 1.82) is 0 Å². The molecule has 0 aromatic heterocycles. The first-order chi connectivity index (χ1) is 13.3. The highest BCUT2D eigenvalue weighted by atomic mass is 16.7. The van der Waals surface area contributed by atoms with Crippen LogP contribution >= 0.6 is 0 Å². The van der Waals surface area contributed by atoms with Crippen LogP contribution in [0.5, 0.6) is 11.5 Å². The lowest BCUT2D eigenvalue weighted by atomic mass is 9.73. The molecule has 1 aromatic carbocycles. The van der Waals surface area contributed by atoms with Crippen molar-refractivity contribution in [3.8, 4) is 11.5 Å². The van der Waals surface area contributed by atoms with Crippen LogP contribution in [0.2, 0.25) is 0 Å². The molecule has 0 unspecified atom stereocenters. The fraction of sp³-hybridized carbons (Fsp3) is 0.667. The summed E-state index contributed by atoms with van der Waals surface area (Å²) in [6, 6.07) is 3.79. The van der Waals surface area contributed by atoms with Gasteiger partial charge in [-0.3, -0.25) is 0 Å². The van der Waals surface area contributed by atoms with Crippen LogP contribution < -0.4 is 14.8 Å². The third-order valence-electron chi connectivity index (χ3n) is 5.34. The Kier molecular flexibility index (Phi) is 6.35. The zero-order chi connectivity index (χ0) is 20.3. The van der Waals surface area contributed by atoms with E-state index >= 15 is 0 Å². The third kappa shape index (κ3) is 4.89. The molecule has 7 heteroatoms. The number of carbonyl (C=O) groups excluding carboxylic acids is 1. The molecule has 1 fully saturated rings. The van der Waals surface area contributed by atoms with E-state index in [1.54, 1.807) is 0 Å². The summed E-state index contributed by atoms with van der Waals surface area (Å²) >= 11 is 0. The highest BCUT2D eigenvalue weighted by Gasteiger charge is 2.34. The lowest BCUT2D eigenvalue weighted by molar-refractivity contribution is 0.0357. The lowest BCUT2D eigenvalue weighted by Gasteiger charge is -2.36. The van der Waals surface area contributed by atoms with Crippen molar-refractivity contribution in [3.05, 3.63) is 23.3 Å². The number of hydrogen-bond donors (Lipinski definition) is 3. The summed E-state index contributed by atoms with van der Waals surface area (Å²) in [5.74, 6) is 1.30. The largest absolute Gasteiger partial charge is 0.454 e. The van der Waals surface area contributed by atoms with E-state index < -0.39 is 17.8 Å². The Bertz CT molecular complexity index is 697. The van der Waals surface area contributed by atoms with Crippen molar-refractivity contribution in [2.75, 3.05) is 13.4 Å². The van der Waals surface area contributed by atoms with Gasteiger partial charge < -0.3 is 29.7 Å². The Morgan fingerprint density at radius 2 is 1.96 bits per heavy atom. The van der Waals surface area contributed by atoms with Crippen LogP contribution in [0.25, 0.3) is 0 Å². The van der Waals surface area contributed by atoms with Gasteiger partial charge in [-0.15, -0.1) is 0 Å². The summed E-state index contributed by atoms with van der Waals surface area (Å²) in [5.41, 5.74) is 1.26. The standard InChI is InChI=1S/C21H31NO6/c1-21(2,3)28-20(25)22-11-14-9-17-18(27-12-26-17)10-16(14)15-6-4-5-13(7-8-23)19(15)24/h9-10,13,15,19,23-24H,4-8,11-12H2,1-3H3,(H,22,25)/t13-,15+,19+/m1/s1. The number of nitrogens with one attached hydrogen (secondary N) is 1. The van der Waals surface area contributed by atoms with E-state index in [0.717, 1.165) is 30.4 Å². The van der Waals surface area contributed by atoms with Crippen molar-refractivity contribution in [2.24, 2.45) is 5.92 Å². The van der Waals surface area contributed by atoms with Gasteiger partial charge in [0, 0.05) is 19.1 Å². The molecule has 0 saturated heterocycles. The average molecular weight is 393 g/mol. The van der Waals surface area contributed by atoms with Gasteiger partial charge in [0.05, 0.1) is 6.10 Å². The maximum atomic E-state index is 12.1. The van der Waals surface area contributed by atoms with Crippen molar-refractivity contribution < 1.29 is 29.2 Å². The van der Waals surface area contributed by atoms with E-state index in [4.69, 9.17) is 14.2 Å². The monoisotopic (exact) mass is 393 g/mol. The van der Waals surface area contributed by atoms with E-state index in [1.165, 1.54) is 0 Å². The van der Waals surface area contributed by atoms with Crippen molar-refractivity contribution in [1.82, 2.24) is 5.32 Å². The summed E-state index contributed by atoms with van der Waals surface area (Å²) < 4.78 is 16.3. The molecule has 3 atom stereocenters. The number of aliphatic hydroxyl groups excluding tert-OH is 2. The molecule has 1 saturated carbocycles. The molecule has 3 rings (SSSR count). The van der Waals surface area contributed by atoms with E-state index in [2.05, 4.69) is 5.32 Å². The fourth-order valence-electron chi connectivity index (χ4n) is 4.07. The molecule has 1 heterocycles. The van der Waals surface area contributed by atoms with Gasteiger partial charge in [0.15, 0.2) is 11.5 Å². The molecular weight excluding hydrogens is 362 g/mol. The Hall–Kier alpha value is -1.99. The number of benzene rings is 1. The molecule has 28 heavy (non-hydrogen) atoms. The van der Waals surface area contributed by atoms with Gasteiger partial charge in [-0.1, -0.05) is 6.42 Å². The lowest BCUT2D eigenvalue weighted by Crippen LogP contribution is -2.34. The number of fused-ring (bicyclic) bond motifs is 1. The molecule has 1 aliphatic carbocycles. The minimum Gasteiger partial charge on any atom is -0.454 e. The van der Waals surface area contributed by atoms with E-state index in [9.17, 15) is 15.0 Å². The molecule has 0 spiro atoms. The van der Waals surface area contributed by atoms with Crippen LogP contribution in [0.15, 0.2) is 12.1 Å². The quantitative estimate of drug-likeness (QED) is 0.711. The average Bonchev–Trinajstić information content (AvgIpc) is 3.07. The van der Waals surface area contributed by atoms with Crippen LogP contribution in [0, 0.1) is 5.92 Å². The molecule has 1 amide bonds. The number of carbonyl (C=O) groups is 1. The summed E-state index contributed by atoms with van der Waals surface area (Å²) in [4.78, 5) is 12.1. The molecule has 1 aliphatic heterocycles. The SMILES string of the molecule is CC(C)(C)OC(=O)NCc1cc2c(cc1[C@@H]1CCC[C@H](CCO)[C@@H]1O)OCO2. The molecule has 3 N–H and O–H groups in total. The highest BCUT2D eigenvalue weighted by molar-refractivity contribution is 5.68. The van der Waals surface area contributed by atoms with Gasteiger partial charge in [-0.05, 0) is 69.2 Å². The second-order valence-corrected chi connectivity index (χ2v) is 8.56. The van der Waals surface area contributed by atoms with Crippen LogP contribution in [0.3, 0.4) is 0 Å².